The Kier molecular flexibility index (Phi) is 6.38. The number of methoxy groups -OCH3 is 1. The summed E-state index contributed by atoms with van der Waals surface area (Å²) in [4.78, 5) is 30.0. The van der Waals surface area contributed by atoms with Crippen LogP contribution < -0.4 is 4.74 Å². The lowest BCUT2D eigenvalue weighted by atomic mass is 10.1. The fourth-order valence-electron chi connectivity index (χ4n) is 5.03. The zero-order valence-corrected chi connectivity index (χ0v) is 17.3. The van der Waals surface area contributed by atoms with Crippen molar-refractivity contribution >= 4 is 11.8 Å². The monoisotopic (exact) mass is 400 g/mol. The number of hydrogen-bond donors (Lipinski definition) is 0. The first-order valence-electron chi connectivity index (χ1n) is 11.0. The molecule has 1 aliphatic carbocycles. The summed E-state index contributed by atoms with van der Waals surface area (Å²) in [7, 11) is 1.65. The molecule has 2 heterocycles. The highest BCUT2D eigenvalue weighted by Crippen LogP contribution is 2.31. The van der Waals surface area contributed by atoms with Gasteiger partial charge in [0.1, 0.15) is 5.75 Å². The Morgan fingerprint density at radius 2 is 2.00 bits per heavy atom. The normalized spacial score (nSPS) is 25.0. The number of carbonyl (C=O) groups excluding carboxylic acids is 2. The van der Waals surface area contributed by atoms with Crippen LogP contribution in [0.15, 0.2) is 24.3 Å². The fraction of sp³-hybridized carbons (Fsp3) is 0.652. The zero-order valence-electron chi connectivity index (χ0n) is 17.3. The average Bonchev–Trinajstić information content (AvgIpc) is 3.49. The molecule has 6 heteroatoms. The van der Waals surface area contributed by atoms with Gasteiger partial charge in [-0.05, 0) is 31.7 Å². The van der Waals surface area contributed by atoms with E-state index in [2.05, 4.69) is 0 Å². The quantitative estimate of drug-likeness (QED) is 0.706. The van der Waals surface area contributed by atoms with Crippen LogP contribution in [0.2, 0.25) is 0 Å². The Morgan fingerprint density at radius 1 is 1.21 bits per heavy atom. The lowest BCUT2D eigenvalue weighted by molar-refractivity contribution is -0.138. The summed E-state index contributed by atoms with van der Waals surface area (Å²) in [6.45, 7) is 2.39. The van der Waals surface area contributed by atoms with E-state index in [4.69, 9.17) is 9.47 Å². The molecule has 0 bridgehead atoms. The highest BCUT2D eigenvalue weighted by atomic mass is 16.5. The largest absolute Gasteiger partial charge is 0.496 e. The number of likely N-dealkylation sites (tertiary alicyclic amines) is 1. The van der Waals surface area contributed by atoms with Gasteiger partial charge in [-0.25, -0.2) is 0 Å². The molecule has 6 nitrogen and oxygen atoms in total. The minimum atomic E-state index is -0.251. The van der Waals surface area contributed by atoms with Gasteiger partial charge in [-0.1, -0.05) is 31.0 Å². The highest BCUT2D eigenvalue weighted by Gasteiger charge is 2.40. The van der Waals surface area contributed by atoms with Gasteiger partial charge in [0.25, 0.3) is 0 Å². The molecule has 4 rings (SSSR count). The molecule has 2 unspecified atom stereocenters. The van der Waals surface area contributed by atoms with E-state index in [-0.39, 0.29) is 23.8 Å². The van der Waals surface area contributed by atoms with Crippen molar-refractivity contribution in [2.75, 3.05) is 26.8 Å². The minimum Gasteiger partial charge on any atom is -0.496 e. The van der Waals surface area contributed by atoms with Crippen molar-refractivity contribution in [3.63, 3.8) is 0 Å². The van der Waals surface area contributed by atoms with Crippen molar-refractivity contribution in [2.45, 2.75) is 63.6 Å². The second-order valence-electron chi connectivity index (χ2n) is 8.55. The van der Waals surface area contributed by atoms with E-state index < -0.39 is 0 Å². The van der Waals surface area contributed by atoms with Crippen molar-refractivity contribution < 1.29 is 19.1 Å². The molecule has 29 heavy (non-hydrogen) atoms. The van der Waals surface area contributed by atoms with E-state index >= 15 is 0 Å². The van der Waals surface area contributed by atoms with Crippen LogP contribution in [0.3, 0.4) is 0 Å². The molecule has 1 aromatic rings. The molecule has 2 aliphatic heterocycles. The molecule has 0 radical (unpaired) electrons. The number of carbonyl (C=O) groups is 2. The third kappa shape index (κ3) is 4.58. The molecular formula is C23H32N2O4. The van der Waals surface area contributed by atoms with Crippen molar-refractivity contribution in [1.82, 2.24) is 9.80 Å². The van der Waals surface area contributed by atoms with Gasteiger partial charge in [0.15, 0.2) is 0 Å². The second kappa shape index (κ2) is 9.16. The van der Waals surface area contributed by atoms with Gasteiger partial charge >= 0.3 is 0 Å². The van der Waals surface area contributed by atoms with Crippen LogP contribution in [-0.4, -0.2) is 60.6 Å². The number of amides is 2. The summed E-state index contributed by atoms with van der Waals surface area (Å²) in [5.74, 6) is 0.747. The van der Waals surface area contributed by atoms with E-state index in [9.17, 15) is 9.59 Å². The summed E-state index contributed by atoms with van der Waals surface area (Å²) >= 11 is 0. The smallest absolute Gasteiger partial charge is 0.228 e. The van der Waals surface area contributed by atoms with Crippen LogP contribution in [-0.2, 0) is 20.9 Å². The van der Waals surface area contributed by atoms with Gasteiger partial charge in [0.05, 0.1) is 19.1 Å². The topological polar surface area (TPSA) is 59.1 Å². The minimum absolute atomic E-state index is 0.0697. The Bertz CT molecular complexity index is 725. The third-order valence-corrected chi connectivity index (χ3v) is 6.59. The Labute approximate surface area is 173 Å². The van der Waals surface area contributed by atoms with Gasteiger partial charge < -0.3 is 19.3 Å². The van der Waals surface area contributed by atoms with Crippen LogP contribution >= 0.6 is 0 Å². The molecule has 0 N–H and O–H groups in total. The van der Waals surface area contributed by atoms with Crippen molar-refractivity contribution in [1.29, 1.82) is 0 Å². The molecule has 2 saturated heterocycles. The fourth-order valence-corrected chi connectivity index (χ4v) is 5.03. The predicted octanol–water partition coefficient (Wildman–Crippen LogP) is 2.99. The lowest BCUT2D eigenvalue weighted by Gasteiger charge is -2.29. The standard InChI is InChI=1S/C23H32N2O4/c1-28-21-11-5-2-7-17(21)14-24(16-20-10-6-12-29-20)23(27)18-13-22(26)25(15-18)19-8-3-4-9-19/h2,5,7,11,18-20H,3-4,6,8-10,12-16H2,1H3. The van der Waals surface area contributed by atoms with Gasteiger partial charge in [-0.2, -0.15) is 0 Å². The highest BCUT2D eigenvalue weighted by molar-refractivity contribution is 5.89. The molecule has 0 spiro atoms. The van der Waals surface area contributed by atoms with Gasteiger partial charge in [0.2, 0.25) is 11.8 Å². The van der Waals surface area contributed by atoms with Crippen molar-refractivity contribution in [3.05, 3.63) is 29.8 Å². The van der Waals surface area contributed by atoms with E-state index in [1.54, 1.807) is 7.11 Å². The first-order chi connectivity index (χ1) is 14.2. The zero-order chi connectivity index (χ0) is 20.2. The maximum absolute atomic E-state index is 13.5. The SMILES string of the molecule is COc1ccccc1CN(CC1CCCO1)C(=O)C1CC(=O)N(C2CCCC2)C1. The summed E-state index contributed by atoms with van der Waals surface area (Å²) in [5.41, 5.74) is 0.985. The first-order valence-corrected chi connectivity index (χ1v) is 11.0. The third-order valence-electron chi connectivity index (χ3n) is 6.59. The maximum atomic E-state index is 13.5. The average molecular weight is 401 g/mol. The molecule has 158 valence electrons. The van der Waals surface area contributed by atoms with Gasteiger partial charge in [0, 0.05) is 44.3 Å². The molecule has 0 aromatic heterocycles. The number of ether oxygens (including phenoxy) is 2. The van der Waals surface area contributed by atoms with Crippen LogP contribution in [0.1, 0.15) is 50.5 Å². The number of nitrogens with zero attached hydrogens (tertiary/aromatic N) is 2. The Morgan fingerprint density at radius 3 is 2.72 bits per heavy atom. The van der Waals surface area contributed by atoms with Crippen LogP contribution in [0.25, 0.3) is 0 Å². The number of hydrogen-bond acceptors (Lipinski definition) is 4. The molecule has 2 amide bonds. The number of para-hydroxylation sites is 1. The summed E-state index contributed by atoms with van der Waals surface area (Å²) in [6, 6.07) is 8.16. The number of rotatable bonds is 7. The molecular weight excluding hydrogens is 368 g/mol. The van der Waals surface area contributed by atoms with Crippen molar-refractivity contribution in [3.8, 4) is 5.75 Å². The van der Waals surface area contributed by atoms with E-state index in [0.29, 0.717) is 32.1 Å². The molecule has 3 aliphatic rings. The van der Waals surface area contributed by atoms with Crippen LogP contribution in [0, 0.1) is 5.92 Å². The van der Waals surface area contributed by atoms with Crippen molar-refractivity contribution in [2.24, 2.45) is 5.92 Å². The Balaban J connectivity index is 1.49. The van der Waals surface area contributed by atoms with E-state index in [0.717, 1.165) is 43.6 Å². The Hall–Kier alpha value is -2.08. The first kappa shape index (κ1) is 20.2. The molecule has 3 fully saturated rings. The second-order valence-corrected chi connectivity index (χ2v) is 8.55. The maximum Gasteiger partial charge on any atom is 0.228 e. The van der Waals surface area contributed by atoms with Gasteiger partial charge in [-0.3, -0.25) is 9.59 Å². The number of benzene rings is 1. The molecule has 1 aromatic carbocycles. The summed E-state index contributed by atoms with van der Waals surface area (Å²) in [6.07, 6.45) is 6.96. The molecule has 1 saturated carbocycles. The summed E-state index contributed by atoms with van der Waals surface area (Å²) < 4.78 is 11.3. The van der Waals surface area contributed by atoms with Crippen LogP contribution in [0.5, 0.6) is 5.75 Å². The van der Waals surface area contributed by atoms with E-state index in [1.807, 2.05) is 34.1 Å². The molecule has 2 atom stereocenters. The lowest BCUT2D eigenvalue weighted by Crippen LogP contribution is -2.42. The summed E-state index contributed by atoms with van der Waals surface area (Å²) in [5, 5.41) is 0. The van der Waals surface area contributed by atoms with Gasteiger partial charge in [-0.15, -0.1) is 0 Å². The van der Waals surface area contributed by atoms with Crippen LogP contribution in [0.4, 0.5) is 0 Å². The predicted molar refractivity (Wildman–Crippen MR) is 109 cm³/mol. The van der Waals surface area contributed by atoms with E-state index in [1.165, 1.54) is 12.8 Å².